The molecule has 0 heterocycles. The van der Waals surface area contributed by atoms with E-state index in [1.807, 2.05) is 0 Å². The molecule has 1 aliphatic rings. The van der Waals surface area contributed by atoms with Crippen molar-refractivity contribution in [3.05, 3.63) is 0 Å². The van der Waals surface area contributed by atoms with Crippen molar-refractivity contribution in [2.24, 2.45) is 0 Å². The minimum absolute atomic E-state index is 0.686. The maximum atomic E-state index is 3.71. The lowest BCUT2D eigenvalue weighted by Crippen LogP contribution is -2.32. The first-order valence-electron chi connectivity index (χ1n) is 7.14. The summed E-state index contributed by atoms with van der Waals surface area (Å²) < 4.78 is 0. The molecule has 16 heavy (non-hydrogen) atoms. The molecular weight excluding hydrogens is 196 g/mol. The quantitative estimate of drug-likeness (QED) is 0.671. The first-order chi connectivity index (χ1) is 7.70. The van der Waals surface area contributed by atoms with Gasteiger partial charge in [0.15, 0.2) is 0 Å². The Morgan fingerprint density at radius 1 is 1.12 bits per heavy atom. The molecule has 1 fully saturated rings. The summed E-state index contributed by atoms with van der Waals surface area (Å²) in [5.74, 6) is 0. The zero-order chi connectivity index (χ0) is 11.8. The highest BCUT2D eigenvalue weighted by atomic mass is 15.1. The van der Waals surface area contributed by atoms with Crippen molar-refractivity contribution in [3.63, 3.8) is 0 Å². The lowest BCUT2D eigenvalue weighted by molar-refractivity contribution is 0.266. The molecule has 0 radical (unpaired) electrons. The van der Waals surface area contributed by atoms with Crippen molar-refractivity contribution in [1.29, 1.82) is 0 Å². The third-order valence-corrected chi connectivity index (χ3v) is 3.86. The average Bonchev–Trinajstić information content (AvgIpc) is 2.29. The molecule has 2 heteroatoms. The molecule has 0 atom stereocenters. The molecule has 0 bridgehead atoms. The fourth-order valence-corrected chi connectivity index (χ4v) is 2.36. The summed E-state index contributed by atoms with van der Waals surface area (Å²) in [4.78, 5) is 2.43. The van der Waals surface area contributed by atoms with Gasteiger partial charge in [0.25, 0.3) is 0 Å². The second kappa shape index (κ2) is 8.08. The second-order valence-corrected chi connectivity index (χ2v) is 5.57. The fraction of sp³-hybridized carbons (Fsp3) is 1.00. The molecule has 0 aromatic heterocycles. The third-order valence-electron chi connectivity index (χ3n) is 3.86. The summed E-state index contributed by atoms with van der Waals surface area (Å²) in [6.45, 7) is 6.99. The van der Waals surface area contributed by atoms with Gasteiger partial charge in [0.05, 0.1) is 0 Å². The number of hydrogen-bond donors (Lipinski definition) is 1. The Balaban J connectivity index is 1.91. The minimum atomic E-state index is 0.686. The molecule has 0 saturated heterocycles. The van der Waals surface area contributed by atoms with Gasteiger partial charge in [-0.3, -0.25) is 0 Å². The molecule has 0 spiro atoms. The van der Waals surface area contributed by atoms with E-state index in [1.54, 1.807) is 0 Å². The van der Waals surface area contributed by atoms with Crippen LogP contribution in [0.2, 0.25) is 0 Å². The molecule has 0 aromatic carbocycles. The Morgan fingerprint density at radius 3 is 2.44 bits per heavy atom. The first kappa shape index (κ1) is 14.0. The molecule has 1 saturated carbocycles. The maximum Gasteiger partial charge on any atom is 0.00670 e. The Morgan fingerprint density at radius 2 is 1.81 bits per heavy atom. The van der Waals surface area contributed by atoms with E-state index in [0.717, 1.165) is 6.04 Å². The number of nitrogens with one attached hydrogen (secondary N) is 1. The second-order valence-electron chi connectivity index (χ2n) is 5.57. The van der Waals surface area contributed by atoms with Gasteiger partial charge in [-0.25, -0.2) is 0 Å². The van der Waals surface area contributed by atoms with Crippen LogP contribution in [0, 0.1) is 0 Å². The fourth-order valence-electron chi connectivity index (χ4n) is 2.36. The molecule has 1 rings (SSSR count). The average molecular weight is 226 g/mol. The van der Waals surface area contributed by atoms with Gasteiger partial charge in [-0.15, -0.1) is 0 Å². The number of unbranched alkanes of at least 4 members (excludes halogenated alkanes) is 1. The van der Waals surface area contributed by atoms with Crippen LogP contribution in [-0.2, 0) is 0 Å². The molecular formula is C14H30N2. The van der Waals surface area contributed by atoms with Gasteiger partial charge in [0.1, 0.15) is 0 Å². The zero-order valence-electron chi connectivity index (χ0n) is 11.5. The van der Waals surface area contributed by atoms with Crippen LogP contribution in [0.3, 0.4) is 0 Å². The van der Waals surface area contributed by atoms with E-state index in [-0.39, 0.29) is 0 Å². The normalized spacial score (nSPS) is 18.6. The highest BCUT2D eigenvalue weighted by Gasteiger charge is 2.11. The Labute approximate surface area is 102 Å². The van der Waals surface area contributed by atoms with Crippen LogP contribution in [0.4, 0.5) is 0 Å². The Bertz CT molecular complexity index is 162. The highest BCUT2D eigenvalue weighted by molar-refractivity contribution is 4.71. The standard InChI is InChI=1S/C14H30N2/c1-13(2)16(3)12-8-7-11-15-14-9-5-4-6-10-14/h13-15H,4-12H2,1-3H3. The smallest absolute Gasteiger partial charge is 0.00670 e. The van der Waals surface area contributed by atoms with Crippen LogP contribution >= 0.6 is 0 Å². The van der Waals surface area contributed by atoms with Crippen molar-refractivity contribution in [2.75, 3.05) is 20.1 Å². The largest absolute Gasteiger partial charge is 0.314 e. The van der Waals surface area contributed by atoms with Gasteiger partial charge in [0.2, 0.25) is 0 Å². The molecule has 1 aliphatic carbocycles. The molecule has 0 amide bonds. The van der Waals surface area contributed by atoms with Gasteiger partial charge < -0.3 is 10.2 Å². The summed E-state index contributed by atoms with van der Waals surface area (Å²) in [5.41, 5.74) is 0. The third kappa shape index (κ3) is 5.86. The van der Waals surface area contributed by atoms with Crippen LogP contribution in [-0.4, -0.2) is 37.1 Å². The van der Waals surface area contributed by atoms with Gasteiger partial charge in [-0.1, -0.05) is 19.3 Å². The first-order valence-corrected chi connectivity index (χ1v) is 7.14. The lowest BCUT2D eigenvalue weighted by atomic mass is 9.95. The summed E-state index contributed by atoms with van der Waals surface area (Å²) in [7, 11) is 2.22. The number of hydrogen-bond acceptors (Lipinski definition) is 2. The predicted octanol–water partition coefficient (Wildman–Crippen LogP) is 3.03. The highest BCUT2D eigenvalue weighted by Crippen LogP contribution is 2.17. The van der Waals surface area contributed by atoms with E-state index in [0.29, 0.717) is 6.04 Å². The number of rotatable bonds is 7. The van der Waals surface area contributed by atoms with Gasteiger partial charge >= 0.3 is 0 Å². The molecule has 1 N–H and O–H groups in total. The van der Waals surface area contributed by atoms with Crippen molar-refractivity contribution >= 4 is 0 Å². The predicted molar refractivity (Wildman–Crippen MR) is 71.9 cm³/mol. The Hall–Kier alpha value is -0.0800. The lowest BCUT2D eigenvalue weighted by Gasteiger charge is -2.23. The van der Waals surface area contributed by atoms with E-state index >= 15 is 0 Å². The van der Waals surface area contributed by atoms with Crippen LogP contribution in [0.5, 0.6) is 0 Å². The monoisotopic (exact) mass is 226 g/mol. The zero-order valence-corrected chi connectivity index (χ0v) is 11.5. The SMILES string of the molecule is CC(C)N(C)CCCCNC1CCCCC1. The van der Waals surface area contributed by atoms with E-state index in [1.165, 1.54) is 58.0 Å². The van der Waals surface area contributed by atoms with E-state index in [9.17, 15) is 0 Å². The topological polar surface area (TPSA) is 15.3 Å². The van der Waals surface area contributed by atoms with Crippen LogP contribution in [0.15, 0.2) is 0 Å². The van der Waals surface area contributed by atoms with Crippen molar-refractivity contribution < 1.29 is 0 Å². The molecule has 0 aromatic rings. The molecule has 0 unspecified atom stereocenters. The van der Waals surface area contributed by atoms with Gasteiger partial charge in [0, 0.05) is 12.1 Å². The summed E-state index contributed by atoms with van der Waals surface area (Å²) in [5, 5.41) is 3.71. The summed E-state index contributed by atoms with van der Waals surface area (Å²) in [6.07, 6.45) is 9.80. The minimum Gasteiger partial charge on any atom is -0.314 e. The molecule has 0 aliphatic heterocycles. The van der Waals surface area contributed by atoms with Crippen molar-refractivity contribution in [2.45, 2.75) is 70.9 Å². The van der Waals surface area contributed by atoms with Crippen molar-refractivity contribution in [1.82, 2.24) is 10.2 Å². The Kier molecular flexibility index (Phi) is 7.06. The van der Waals surface area contributed by atoms with Crippen LogP contribution in [0.1, 0.15) is 58.8 Å². The van der Waals surface area contributed by atoms with Gasteiger partial charge in [-0.05, 0) is 59.7 Å². The van der Waals surface area contributed by atoms with Crippen LogP contribution < -0.4 is 5.32 Å². The van der Waals surface area contributed by atoms with Crippen LogP contribution in [0.25, 0.3) is 0 Å². The maximum absolute atomic E-state index is 3.71. The van der Waals surface area contributed by atoms with E-state index in [4.69, 9.17) is 0 Å². The summed E-state index contributed by atoms with van der Waals surface area (Å²) >= 11 is 0. The van der Waals surface area contributed by atoms with E-state index in [2.05, 4.69) is 31.1 Å². The molecule has 96 valence electrons. The van der Waals surface area contributed by atoms with E-state index < -0.39 is 0 Å². The summed E-state index contributed by atoms with van der Waals surface area (Å²) in [6, 6.07) is 1.52. The molecule has 2 nitrogen and oxygen atoms in total. The number of nitrogens with zero attached hydrogens (tertiary/aromatic N) is 1. The van der Waals surface area contributed by atoms with Gasteiger partial charge in [-0.2, -0.15) is 0 Å². The van der Waals surface area contributed by atoms with Crippen molar-refractivity contribution in [3.8, 4) is 0 Å².